The van der Waals surface area contributed by atoms with Crippen molar-refractivity contribution >= 4 is 17.3 Å². The van der Waals surface area contributed by atoms with Gasteiger partial charge in [-0.15, -0.1) is 0 Å². The third kappa shape index (κ3) is 3.24. The van der Waals surface area contributed by atoms with Gasteiger partial charge in [-0.3, -0.25) is 13.5 Å². The van der Waals surface area contributed by atoms with Crippen LogP contribution in [-0.4, -0.2) is 9.74 Å². The van der Waals surface area contributed by atoms with Crippen LogP contribution in [0.3, 0.4) is 0 Å². The molecule has 0 bridgehead atoms. The van der Waals surface area contributed by atoms with Gasteiger partial charge in [0.25, 0.3) is 5.56 Å². The highest BCUT2D eigenvalue weighted by Gasteiger charge is 2.18. The minimum Gasteiger partial charge on any atom is -0.288 e. The van der Waals surface area contributed by atoms with Crippen LogP contribution in [0.2, 0.25) is 0 Å². The van der Waals surface area contributed by atoms with Crippen LogP contribution in [-0.2, 0) is 6.54 Å². The highest BCUT2D eigenvalue weighted by molar-refractivity contribution is 7.08. The first-order chi connectivity index (χ1) is 11.5. The quantitative estimate of drug-likeness (QED) is 0.672. The van der Waals surface area contributed by atoms with E-state index in [2.05, 4.69) is 0 Å². The Morgan fingerprint density at radius 3 is 2.25 bits per heavy atom. The fraction of sp³-hybridized carbons (Fsp3) is 0.200. The van der Waals surface area contributed by atoms with Gasteiger partial charge in [-0.1, -0.05) is 59.6 Å². The standard InChI is InChI=1S/C20H19NO2S/c1-13-9-14(2)19(15(3)10-13)20(23)17-11-18(22)21(24-17)12-16-7-5-4-6-8-16/h4-11H,12H2,1-3H3. The molecular weight excluding hydrogens is 318 g/mol. The molecule has 2 aromatic carbocycles. The number of hydrogen-bond acceptors (Lipinski definition) is 3. The van der Waals surface area contributed by atoms with E-state index in [9.17, 15) is 9.59 Å². The van der Waals surface area contributed by atoms with E-state index in [4.69, 9.17) is 0 Å². The van der Waals surface area contributed by atoms with E-state index in [1.54, 1.807) is 3.96 Å². The smallest absolute Gasteiger partial charge is 0.261 e. The number of rotatable bonds is 4. The minimum atomic E-state index is -0.130. The second-order valence-electron chi connectivity index (χ2n) is 6.06. The molecule has 0 aliphatic rings. The van der Waals surface area contributed by atoms with Gasteiger partial charge in [0.05, 0.1) is 11.4 Å². The maximum absolute atomic E-state index is 12.9. The van der Waals surface area contributed by atoms with Crippen LogP contribution in [0.15, 0.2) is 53.3 Å². The lowest BCUT2D eigenvalue weighted by molar-refractivity contribution is 0.104. The minimum absolute atomic E-state index is 0.0705. The molecule has 1 aromatic heterocycles. The summed E-state index contributed by atoms with van der Waals surface area (Å²) in [5.74, 6) is -0.0705. The molecular formula is C20H19NO2S. The normalized spacial score (nSPS) is 10.8. The molecule has 0 saturated heterocycles. The van der Waals surface area contributed by atoms with Crippen molar-refractivity contribution in [3.63, 3.8) is 0 Å². The number of carbonyl (C=O) groups is 1. The van der Waals surface area contributed by atoms with E-state index >= 15 is 0 Å². The summed E-state index contributed by atoms with van der Waals surface area (Å²) in [6.45, 7) is 6.39. The van der Waals surface area contributed by atoms with Crippen molar-refractivity contribution in [3.05, 3.63) is 91.6 Å². The van der Waals surface area contributed by atoms with E-state index < -0.39 is 0 Å². The molecule has 3 aromatic rings. The first-order valence-corrected chi connectivity index (χ1v) is 8.60. The number of ketones is 1. The molecule has 0 fully saturated rings. The van der Waals surface area contributed by atoms with Crippen LogP contribution in [0.5, 0.6) is 0 Å². The lowest BCUT2D eigenvalue weighted by Crippen LogP contribution is -2.12. The molecule has 0 aliphatic heterocycles. The van der Waals surface area contributed by atoms with Crippen LogP contribution in [0.1, 0.15) is 37.5 Å². The summed E-state index contributed by atoms with van der Waals surface area (Å²) in [7, 11) is 0. The Hall–Kier alpha value is -2.46. The molecule has 1 heterocycles. The van der Waals surface area contributed by atoms with E-state index in [0.717, 1.165) is 22.3 Å². The number of nitrogens with zero attached hydrogens (tertiary/aromatic N) is 1. The molecule has 0 atom stereocenters. The van der Waals surface area contributed by atoms with Crippen LogP contribution >= 0.6 is 11.5 Å². The summed E-state index contributed by atoms with van der Waals surface area (Å²) >= 11 is 1.23. The summed E-state index contributed by atoms with van der Waals surface area (Å²) in [5.41, 5.74) is 4.66. The van der Waals surface area contributed by atoms with Gasteiger partial charge in [0.15, 0.2) is 0 Å². The summed E-state index contributed by atoms with van der Waals surface area (Å²) in [4.78, 5) is 25.6. The summed E-state index contributed by atoms with van der Waals surface area (Å²) in [5, 5.41) is 0. The van der Waals surface area contributed by atoms with Gasteiger partial charge in [0, 0.05) is 11.6 Å². The molecule has 0 aliphatic carbocycles. The van der Waals surface area contributed by atoms with Crippen molar-refractivity contribution in [2.75, 3.05) is 0 Å². The predicted molar refractivity (Wildman–Crippen MR) is 98.2 cm³/mol. The maximum atomic E-state index is 12.9. The lowest BCUT2D eigenvalue weighted by Gasteiger charge is -2.09. The van der Waals surface area contributed by atoms with Crippen LogP contribution in [0.25, 0.3) is 0 Å². The van der Waals surface area contributed by atoms with E-state index in [1.165, 1.54) is 17.6 Å². The number of aryl methyl sites for hydroxylation is 3. The van der Waals surface area contributed by atoms with Gasteiger partial charge in [-0.05, 0) is 37.5 Å². The van der Waals surface area contributed by atoms with Crippen LogP contribution < -0.4 is 5.56 Å². The second kappa shape index (κ2) is 6.57. The zero-order valence-corrected chi connectivity index (χ0v) is 14.8. The van der Waals surface area contributed by atoms with E-state index in [0.29, 0.717) is 17.0 Å². The zero-order chi connectivity index (χ0) is 17.3. The Morgan fingerprint density at radius 2 is 1.62 bits per heavy atom. The van der Waals surface area contributed by atoms with Crippen molar-refractivity contribution in [1.82, 2.24) is 3.96 Å². The topological polar surface area (TPSA) is 39.1 Å². The molecule has 0 unspecified atom stereocenters. The number of carbonyl (C=O) groups excluding carboxylic acids is 1. The Morgan fingerprint density at radius 1 is 1.00 bits per heavy atom. The summed E-state index contributed by atoms with van der Waals surface area (Å²) in [6.07, 6.45) is 0. The average Bonchev–Trinajstić information content (AvgIpc) is 2.88. The van der Waals surface area contributed by atoms with Crippen molar-refractivity contribution in [2.45, 2.75) is 27.3 Å². The number of hydrogen-bond donors (Lipinski definition) is 0. The van der Waals surface area contributed by atoms with Crippen molar-refractivity contribution < 1.29 is 4.79 Å². The average molecular weight is 337 g/mol. The third-order valence-corrected chi connectivity index (χ3v) is 5.04. The predicted octanol–water partition coefficient (Wildman–Crippen LogP) is 4.11. The summed E-state index contributed by atoms with van der Waals surface area (Å²) < 4.78 is 1.63. The molecule has 3 rings (SSSR count). The first-order valence-electron chi connectivity index (χ1n) is 7.83. The van der Waals surface area contributed by atoms with Gasteiger partial charge >= 0.3 is 0 Å². The Balaban J connectivity index is 1.95. The maximum Gasteiger partial charge on any atom is 0.261 e. The fourth-order valence-electron chi connectivity index (χ4n) is 3.00. The molecule has 0 radical (unpaired) electrons. The zero-order valence-electron chi connectivity index (χ0n) is 14.0. The first kappa shape index (κ1) is 16.4. The van der Waals surface area contributed by atoms with E-state index in [1.807, 2.05) is 63.2 Å². The third-order valence-electron chi connectivity index (χ3n) is 4.01. The van der Waals surface area contributed by atoms with Gasteiger partial charge in [0.2, 0.25) is 5.78 Å². The van der Waals surface area contributed by atoms with Gasteiger partial charge in [0.1, 0.15) is 0 Å². The molecule has 0 amide bonds. The molecule has 4 heteroatoms. The molecule has 24 heavy (non-hydrogen) atoms. The highest BCUT2D eigenvalue weighted by atomic mass is 32.1. The van der Waals surface area contributed by atoms with Gasteiger partial charge in [-0.2, -0.15) is 0 Å². The number of aromatic nitrogens is 1. The van der Waals surface area contributed by atoms with Gasteiger partial charge < -0.3 is 0 Å². The Kier molecular flexibility index (Phi) is 4.49. The van der Waals surface area contributed by atoms with Gasteiger partial charge in [-0.25, -0.2) is 0 Å². The van der Waals surface area contributed by atoms with Crippen LogP contribution in [0, 0.1) is 20.8 Å². The Labute approximate surface area is 145 Å². The van der Waals surface area contributed by atoms with Crippen molar-refractivity contribution in [2.24, 2.45) is 0 Å². The molecule has 0 spiro atoms. The SMILES string of the molecule is Cc1cc(C)c(C(=O)c2cc(=O)n(Cc3ccccc3)s2)c(C)c1. The van der Waals surface area contributed by atoms with Crippen LogP contribution in [0.4, 0.5) is 0 Å². The molecule has 122 valence electrons. The molecule has 0 saturated carbocycles. The van der Waals surface area contributed by atoms with E-state index in [-0.39, 0.29) is 11.3 Å². The number of benzene rings is 2. The second-order valence-corrected chi connectivity index (χ2v) is 7.13. The summed E-state index contributed by atoms with van der Waals surface area (Å²) in [6, 6.07) is 15.2. The van der Waals surface area contributed by atoms with Crippen molar-refractivity contribution in [1.29, 1.82) is 0 Å². The lowest BCUT2D eigenvalue weighted by atomic mass is 9.96. The molecule has 3 nitrogen and oxygen atoms in total. The Bertz CT molecular complexity index is 928. The fourth-order valence-corrected chi connectivity index (χ4v) is 3.93. The molecule has 0 N–H and O–H groups in total. The highest BCUT2D eigenvalue weighted by Crippen LogP contribution is 2.22. The largest absolute Gasteiger partial charge is 0.288 e. The monoisotopic (exact) mass is 337 g/mol. The van der Waals surface area contributed by atoms with Crippen molar-refractivity contribution in [3.8, 4) is 0 Å².